The van der Waals surface area contributed by atoms with E-state index < -0.39 is 0 Å². The molecule has 5 rings (SSSR count). The van der Waals surface area contributed by atoms with Crippen LogP contribution in [0.15, 0.2) is 85.6 Å². The molecule has 0 bridgehead atoms. The van der Waals surface area contributed by atoms with Crippen LogP contribution < -0.4 is 10.1 Å². The number of nitrogens with one attached hydrogen (secondary N) is 1. The zero-order valence-corrected chi connectivity index (χ0v) is 17.7. The highest BCUT2D eigenvalue weighted by Crippen LogP contribution is 2.26. The molecule has 3 aromatic heterocycles. The van der Waals surface area contributed by atoms with E-state index in [9.17, 15) is 0 Å². The first-order chi connectivity index (χ1) is 16.3. The van der Waals surface area contributed by atoms with Gasteiger partial charge in [0.15, 0.2) is 0 Å². The predicted molar refractivity (Wildman–Crippen MR) is 127 cm³/mol. The fourth-order valence-corrected chi connectivity index (χ4v) is 3.45. The number of ether oxygens (including phenoxy) is 1. The van der Waals surface area contributed by atoms with Crippen molar-refractivity contribution >= 4 is 22.5 Å². The second kappa shape index (κ2) is 9.20. The van der Waals surface area contributed by atoms with Crippen LogP contribution in [0.1, 0.15) is 16.7 Å². The summed E-state index contributed by atoms with van der Waals surface area (Å²) in [4.78, 5) is 13.2. The lowest BCUT2D eigenvalue weighted by atomic mass is 10.1. The highest BCUT2D eigenvalue weighted by Gasteiger charge is 2.09. The fourth-order valence-electron chi connectivity index (χ4n) is 3.45. The van der Waals surface area contributed by atoms with Crippen molar-refractivity contribution in [1.82, 2.24) is 24.7 Å². The highest BCUT2D eigenvalue weighted by molar-refractivity contribution is 5.83. The van der Waals surface area contributed by atoms with Crippen LogP contribution >= 0.6 is 0 Å². The zero-order chi connectivity index (χ0) is 22.5. The lowest BCUT2D eigenvalue weighted by Gasteiger charge is -2.11. The number of fused-ring (bicyclic) bond motifs is 1. The molecule has 7 nitrogen and oxygen atoms in total. The third-order valence-corrected chi connectivity index (χ3v) is 5.04. The maximum absolute atomic E-state index is 5.97. The molecular weight excluding hydrogens is 412 g/mol. The smallest absolute Gasteiger partial charge is 0.227 e. The Morgan fingerprint density at radius 2 is 1.94 bits per heavy atom. The molecule has 0 aliphatic rings. The van der Waals surface area contributed by atoms with Gasteiger partial charge in [0.25, 0.3) is 0 Å². The van der Waals surface area contributed by atoms with Crippen molar-refractivity contribution in [2.24, 2.45) is 0 Å². The van der Waals surface area contributed by atoms with E-state index in [1.165, 1.54) is 0 Å². The third-order valence-electron chi connectivity index (χ3n) is 5.04. The normalized spacial score (nSPS) is 10.6. The van der Waals surface area contributed by atoms with Crippen LogP contribution in [0.2, 0.25) is 0 Å². The van der Waals surface area contributed by atoms with Gasteiger partial charge in [-0.2, -0.15) is 5.10 Å². The van der Waals surface area contributed by atoms with E-state index in [-0.39, 0.29) is 0 Å². The number of anilines is 2. The third kappa shape index (κ3) is 4.81. The molecule has 2 aromatic carbocycles. The van der Waals surface area contributed by atoms with Crippen molar-refractivity contribution in [3.05, 3.63) is 102 Å². The Morgan fingerprint density at radius 3 is 2.76 bits per heavy atom. The summed E-state index contributed by atoms with van der Waals surface area (Å²) in [6.07, 6.45) is 14.7. The number of aromatic nitrogens is 5. The van der Waals surface area contributed by atoms with Crippen molar-refractivity contribution in [3.8, 4) is 18.1 Å². The number of benzene rings is 2. The molecule has 1 N–H and O–H groups in total. The van der Waals surface area contributed by atoms with Crippen LogP contribution in [0.3, 0.4) is 0 Å². The molecule has 0 unspecified atom stereocenters. The average Bonchev–Trinajstić information content (AvgIpc) is 3.36. The molecular formula is C26H20N6O. The van der Waals surface area contributed by atoms with Crippen LogP contribution in [-0.2, 0) is 13.2 Å². The maximum Gasteiger partial charge on any atom is 0.227 e. The number of hydrogen-bond donors (Lipinski definition) is 1. The van der Waals surface area contributed by atoms with Gasteiger partial charge in [-0.15, -0.1) is 6.42 Å². The van der Waals surface area contributed by atoms with E-state index in [4.69, 9.17) is 11.2 Å². The Hall–Kier alpha value is -4.70. The number of rotatable bonds is 7. The van der Waals surface area contributed by atoms with E-state index in [1.807, 2.05) is 53.3 Å². The second-order valence-electron chi connectivity index (χ2n) is 7.42. The summed E-state index contributed by atoms with van der Waals surface area (Å²) in [6, 6.07) is 17.5. The molecule has 33 heavy (non-hydrogen) atoms. The average molecular weight is 432 g/mol. The van der Waals surface area contributed by atoms with Crippen LogP contribution in [0.4, 0.5) is 11.6 Å². The summed E-state index contributed by atoms with van der Waals surface area (Å²) in [7, 11) is 0. The SMILES string of the molecule is C#Cc1cc2cnc(Nc3cccc(Cn4cccn4)c3)nc2cc1OCc1cccnc1. The van der Waals surface area contributed by atoms with Crippen molar-refractivity contribution in [1.29, 1.82) is 0 Å². The number of hydrogen-bond acceptors (Lipinski definition) is 6. The van der Waals surface area contributed by atoms with Gasteiger partial charge in [0.1, 0.15) is 12.4 Å². The summed E-state index contributed by atoms with van der Waals surface area (Å²) in [5, 5.41) is 8.38. The topological polar surface area (TPSA) is 77.8 Å². The van der Waals surface area contributed by atoms with Gasteiger partial charge in [0.2, 0.25) is 5.95 Å². The lowest BCUT2D eigenvalue weighted by Crippen LogP contribution is -2.02. The van der Waals surface area contributed by atoms with Gasteiger partial charge in [-0.1, -0.05) is 24.1 Å². The molecule has 0 radical (unpaired) electrons. The first-order valence-corrected chi connectivity index (χ1v) is 10.4. The molecule has 7 heteroatoms. The molecule has 0 fully saturated rings. The molecule has 0 atom stereocenters. The Balaban J connectivity index is 1.38. The van der Waals surface area contributed by atoms with Gasteiger partial charge in [0.05, 0.1) is 17.6 Å². The van der Waals surface area contributed by atoms with Gasteiger partial charge in [-0.3, -0.25) is 9.67 Å². The van der Waals surface area contributed by atoms with E-state index in [2.05, 4.69) is 43.4 Å². The van der Waals surface area contributed by atoms with Crippen LogP contribution in [0.25, 0.3) is 10.9 Å². The minimum absolute atomic E-state index is 0.368. The van der Waals surface area contributed by atoms with Crippen LogP contribution in [0.5, 0.6) is 5.75 Å². The molecule has 5 aromatic rings. The summed E-state index contributed by atoms with van der Waals surface area (Å²) in [5.41, 5.74) is 4.37. The first-order valence-electron chi connectivity index (χ1n) is 10.4. The summed E-state index contributed by atoms with van der Waals surface area (Å²) in [5.74, 6) is 3.77. The molecule has 0 aliphatic carbocycles. The van der Waals surface area contributed by atoms with Crippen molar-refractivity contribution in [2.45, 2.75) is 13.2 Å². The Morgan fingerprint density at radius 1 is 1.00 bits per heavy atom. The number of pyridine rings is 1. The minimum atomic E-state index is 0.368. The number of nitrogens with zero attached hydrogens (tertiary/aromatic N) is 5. The molecule has 0 spiro atoms. The lowest BCUT2D eigenvalue weighted by molar-refractivity contribution is 0.305. The quantitative estimate of drug-likeness (QED) is 0.380. The van der Waals surface area contributed by atoms with E-state index in [1.54, 1.807) is 24.8 Å². The summed E-state index contributed by atoms with van der Waals surface area (Å²) in [6.45, 7) is 1.06. The first kappa shape index (κ1) is 20.2. The van der Waals surface area contributed by atoms with E-state index in [0.29, 0.717) is 30.4 Å². The molecule has 0 saturated carbocycles. The zero-order valence-electron chi connectivity index (χ0n) is 17.7. The summed E-state index contributed by atoms with van der Waals surface area (Å²) < 4.78 is 7.85. The molecule has 160 valence electrons. The largest absolute Gasteiger partial charge is 0.487 e. The maximum atomic E-state index is 5.97. The second-order valence-corrected chi connectivity index (χ2v) is 7.42. The fraction of sp³-hybridized carbons (Fsp3) is 0.0769. The monoisotopic (exact) mass is 432 g/mol. The van der Waals surface area contributed by atoms with Crippen LogP contribution in [0, 0.1) is 12.3 Å². The molecule has 0 amide bonds. The van der Waals surface area contributed by atoms with Gasteiger partial charge in [0, 0.05) is 53.7 Å². The standard InChI is InChI=1S/C26H20N6O/c1-2-21-13-22-16-28-26(30-23-8-3-6-19(12-23)17-32-11-5-10-29-32)31-24(22)14-25(21)33-18-20-7-4-9-27-15-20/h1,3-16H,17-18H2,(H,28,30,31). The molecule has 0 saturated heterocycles. The predicted octanol–water partition coefficient (Wildman–Crippen LogP) is 4.57. The Bertz CT molecular complexity index is 1420. The van der Waals surface area contributed by atoms with Gasteiger partial charge in [-0.25, -0.2) is 9.97 Å². The summed E-state index contributed by atoms with van der Waals surface area (Å²) >= 11 is 0. The van der Waals surface area contributed by atoms with E-state index >= 15 is 0 Å². The van der Waals surface area contributed by atoms with Gasteiger partial charge < -0.3 is 10.1 Å². The molecule has 0 aliphatic heterocycles. The number of terminal acetylenes is 1. The highest BCUT2D eigenvalue weighted by atomic mass is 16.5. The van der Waals surface area contributed by atoms with Gasteiger partial charge in [-0.05, 0) is 35.9 Å². The molecule has 3 heterocycles. The van der Waals surface area contributed by atoms with E-state index in [0.717, 1.165) is 27.7 Å². The Labute approximate surface area is 191 Å². The van der Waals surface area contributed by atoms with Crippen molar-refractivity contribution in [2.75, 3.05) is 5.32 Å². The van der Waals surface area contributed by atoms with Crippen molar-refractivity contribution in [3.63, 3.8) is 0 Å². The van der Waals surface area contributed by atoms with Crippen molar-refractivity contribution < 1.29 is 4.74 Å². The minimum Gasteiger partial charge on any atom is -0.487 e. The van der Waals surface area contributed by atoms with Crippen LogP contribution in [-0.4, -0.2) is 24.7 Å². The Kier molecular flexibility index (Phi) is 5.64. The van der Waals surface area contributed by atoms with Gasteiger partial charge >= 0.3 is 0 Å².